The van der Waals surface area contributed by atoms with Crippen LogP contribution in [0.15, 0.2) is 0 Å². The van der Waals surface area contributed by atoms with E-state index in [0.29, 0.717) is 13.2 Å². The van der Waals surface area contributed by atoms with Crippen molar-refractivity contribution in [1.29, 1.82) is 0 Å². The average molecular weight is 201 g/mol. The largest absolute Gasteiger partial charge is 0.394 e. The summed E-state index contributed by atoms with van der Waals surface area (Å²) in [6, 6.07) is 0. The predicted molar refractivity (Wildman–Crippen MR) is 57.1 cm³/mol. The van der Waals surface area contributed by atoms with Crippen molar-refractivity contribution in [3.63, 3.8) is 0 Å². The van der Waals surface area contributed by atoms with Gasteiger partial charge in [0.1, 0.15) is 0 Å². The first kappa shape index (κ1) is 12.0. The van der Waals surface area contributed by atoms with Gasteiger partial charge in [0.15, 0.2) is 0 Å². The Kier molecular flexibility index (Phi) is 3.93. The smallest absolute Gasteiger partial charge is 0.0855 e. The molecule has 1 aliphatic carbocycles. The number of hydrogen-bond donors (Lipinski definition) is 2. The van der Waals surface area contributed by atoms with Gasteiger partial charge in [0.2, 0.25) is 0 Å². The lowest BCUT2D eigenvalue weighted by atomic mass is 9.65. The third-order valence-electron chi connectivity index (χ3n) is 3.67. The number of ether oxygens (including phenoxy) is 1. The third kappa shape index (κ3) is 2.10. The van der Waals surface area contributed by atoms with Crippen LogP contribution in [0.5, 0.6) is 0 Å². The minimum Gasteiger partial charge on any atom is -0.394 e. The van der Waals surface area contributed by atoms with Crippen molar-refractivity contribution < 1.29 is 9.84 Å². The normalized spacial score (nSPS) is 31.7. The molecule has 1 aliphatic rings. The van der Waals surface area contributed by atoms with Crippen LogP contribution in [0, 0.1) is 5.41 Å². The van der Waals surface area contributed by atoms with Gasteiger partial charge in [-0.2, -0.15) is 0 Å². The van der Waals surface area contributed by atoms with Crippen molar-refractivity contribution >= 4 is 0 Å². The molecule has 3 heteroatoms. The molecule has 1 atom stereocenters. The SMILES string of the molecule is CC1(C)CCCCC1(CN)OCCO. The van der Waals surface area contributed by atoms with Gasteiger partial charge in [-0.3, -0.25) is 0 Å². The van der Waals surface area contributed by atoms with Gasteiger partial charge < -0.3 is 15.6 Å². The van der Waals surface area contributed by atoms with Crippen LogP contribution >= 0.6 is 0 Å². The Morgan fingerprint density at radius 3 is 2.43 bits per heavy atom. The molecule has 0 amide bonds. The third-order valence-corrected chi connectivity index (χ3v) is 3.67. The van der Waals surface area contributed by atoms with Crippen LogP contribution in [-0.4, -0.2) is 30.5 Å². The van der Waals surface area contributed by atoms with Gasteiger partial charge in [-0.15, -0.1) is 0 Å². The zero-order chi connectivity index (χ0) is 10.7. The highest BCUT2D eigenvalue weighted by Crippen LogP contribution is 2.45. The van der Waals surface area contributed by atoms with Gasteiger partial charge in [-0.1, -0.05) is 26.7 Å². The maximum atomic E-state index is 8.81. The summed E-state index contributed by atoms with van der Waals surface area (Å²) in [5.41, 5.74) is 5.77. The van der Waals surface area contributed by atoms with Crippen molar-refractivity contribution in [3.05, 3.63) is 0 Å². The molecule has 0 spiro atoms. The fraction of sp³-hybridized carbons (Fsp3) is 1.00. The lowest BCUT2D eigenvalue weighted by Gasteiger charge is -2.49. The van der Waals surface area contributed by atoms with Crippen molar-refractivity contribution in [1.82, 2.24) is 0 Å². The topological polar surface area (TPSA) is 55.5 Å². The Labute approximate surface area is 86.6 Å². The highest BCUT2D eigenvalue weighted by Gasteiger charge is 2.46. The second-order valence-corrected chi connectivity index (χ2v) is 4.86. The second kappa shape index (κ2) is 4.60. The Bertz CT molecular complexity index is 182. The molecule has 14 heavy (non-hydrogen) atoms. The number of nitrogens with two attached hydrogens (primary N) is 1. The fourth-order valence-corrected chi connectivity index (χ4v) is 2.49. The highest BCUT2D eigenvalue weighted by atomic mass is 16.5. The molecule has 3 nitrogen and oxygen atoms in total. The van der Waals surface area contributed by atoms with Crippen LogP contribution < -0.4 is 5.73 Å². The lowest BCUT2D eigenvalue weighted by molar-refractivity contribution is -0.145. The lowest BCUT2D eigenvalue weighted by Crippen LogP contribution is -2.54. The molecular weight excluding hydrogens is 178 g/mol. The van der Waals surface area contributed by atoms with E-state index in [1.165, 1.54) is 12.8 Å². The zero-order valence-corrected chi connectivity index (χ0v) is 9.38. The van der Waals surface area contributed by atoms with Crippen LogP contribution in [0.1, 0.15) is 39.5 Å². The molecule has 1 rings (SSSR count). The Morgan fingerprint density at radius 1 is 1.29 bits per heavy atom. The van der Waals surface area contributed by atoms with Crippen molar-refractivity contribution in [3.8, 4) is 0 Å². The van der Waals surface area contributed by atoms with E-state index in [2.05, 4.69) is 13.8 Å². The molecule has 0 bridgehead atoms. The molecular formula is C11H23NO2. The molecule has 0 aromatic rings. The molecule has 3 N–H and O–H groups in total. The molecule has 1 saturated carbocycles. The molecule has 0 aromatic heterocycles. The summed E-state index contributed by atoms with van der Waals surface area (Å²) in [6.45, 7) is 5.48. The molecule has 0 aliphatic heterocycles. The van der Waals surface area contributed by atoms with Crippen molar-refractivity contribution in [2.45, 2.75) is 45.1 Å². The van der Waals surface area contributed by atoms with Gasteiger partial charge in [-0.25, -0.2) is 0 Å². The van der Waals surface area contributed by atoms with Crippen LogP contribution in [-0.2, 0) is 4.74 Å². The summed E-state index contributed by atoms with van der Waals surface area (Å²) in [6.07, 6.45) is 4.63. The first-order valence-electron chi connectivity index (χ1n) is 5.53. The summed E-state index contributed by atoms with van der Waals surface area (Å²) in [5.74, 6) is 0. The minimum absolute atomic E-state index is 0.0812. The summed E-state index contributed by atoms with van der Waals surface area (Å²) in [7, 11) is 0. The van der Waals surface area contributed by atoms with Crippen LogP contribution in [0.25, 0.3) is 0 Å². The van der Waals surface area contributed by atoms with E-state index >= 15 is 0 Å². The number of aliphatic hydroxyl groups is 1. The van der Waals surface area contributed by atoms with E-state index in [9.17, 15) is 0 Å². The molecule has 0 aromatic carbocycles. The van der Waals surface area contributed by atoms with Crippen LogP contribution in [0.3, 0.4) is 0 Å². The van der Waals surface area contributed by atoms with E-state index in [4.69, 9.17) is 15.6 Å². The number of hydrogen-bond acceptors (Lipinski definition) is 3. The minimum atomic E-state index is -0.214. The fourth-order valence-electron chi connectivity index (χ4n) is 2.49. The Morgan fingerprint density at radius 2 is 1.93 bits per heavy atom. The molecule has 0 heterocycles. The van der Waals surface area contributed by atoms with Gasteiger partial charge in [-0.05, 0) is 18.3 Å². The monoisotopic (exact) mass is 201 g/mol. The summed E-state index contributed by atoms with van der Waals surface area (Å²) in [4.78, 5) is 0. The van der Waals surface area contributed by atoms with Crippen LogP contribution in [0.4, 0.5) is 0 Å². The molecule has 1 fully saturated rings. The van der Waals surface area contributed by atoms with Crippen LogP contribution in [0.2, 0.25) is 0 Å². The van der Waals surface area contributed by atoms with Gasteiger partial charge in [0, 0.05) is 6.54 Å². The quantitative estimate of drug-likeness (QED) is 0.720. The maximum Gasteiger partial charge on any atom is 0.0855 e. The summed E-state index contributed by atoms with van der Waals surface area (Å²) in [5, 5.41) is 8.81. The molecule has 1 unspecified atom stereocenters. The van der Waals surface area contributed by atoms with Gasteiger partial charge in [0.05, 0.1) is 18.8 Å². The highest BCUT2D eigenvalue weighted by molar-refractivity contribution is 4.98. The van der Waals surface area contributed by atoms with Gasteiger partial charge in [0.25, 0.3) is 0 Å². The van der Waals surface area contributed by atoms with E-state index in [-0.39, 0.29) is 17.6 Å². The molecule has 0 radical (unpaired) electrons. The summed E-state index contributed by atoms with van der Waals surface area (Å²) >= 11 is 0. The van der Waals surface area contributed by atoms with Crippen molar-refractivity contribution in [2.24, 2.45) is 11.1 Å². The number of aliphatic hydroxyl groups excluding tert-OH is 1. The maximum absolute atomic E-state index is 8.81. The second-order valence-electron chi connectivity index (χ2n) is 4.86. The Balaban J connectivity index is 2.72. The van der Waals surface area contributed by atoms with E-state index in [0.717, 1.165) is 12.8 Å². The predicted octanol–water partition coefficient (Wildman–Crippen LogP) is 1.29. The first-order valence-corrected chi connectivity index (χ1v) is 5.53. The van der Waals surface area contributed by atoms with E-state index in [1.54, 1.807) is 0 Å². The number of rotatable bonds is 4. The zero-order valence-electron chi connectivity index (χ0n) is 9.38. The standard InChI is InChI=1S/C11H23NO2/c1-10(2)5-3-4-6-11(10,9-12)14-8-7-13/h13H,3-9,12H2,1-2H3. The first-order chi connectivity index (χ1) is 6.58. The Hall–Kier alpha value is -0.120. The van der Waals surface area contributed by atoms with E-state index < -0.39 is 0 Å². The van der Waals surface area contributed by atoms with E-state index in [1.807, 2.05) is 0 Å². The molecule has 0 saturated heterocycles. The van der Waals surface area contributed by atoms with Gasteiger partial charge >= 0.3 is 0 Å². The summed E-state index contributed by atoms with van der Waals surface area (Å²) < 4.78 is 5.81. The van der Waals surface area contributed by atoms with Crippen molar-refractivity contribution in [2.75, 3.05) is 19.8 Å². The molecule has 84 valence electrons. The average Bonchev–Trinajstić information content (AvgIpc) is 2.16.